The van der Waals surface area contributed by atoms with Gasteiger partial charge < -0.3 is 19.4 Å². The van der Waals surface area contributed by atoms with Gasteiger partial charge in [-0.3, -0.25) is 9.59 Å². The highest BCUT2D eigenvalue weighted by molar-refractivity contribution is 5.92. The Morgan fingerprint density at radius 2 is 1.62 bits per heavy atom. The summed E-state index contributed by atoms with van der Waals surface area (Å²) in [5.41, 5.74) is 2.64. The van der Waals surface area contributed by atoms with Gasteiger partial charge in [-0.2, -0.15) is 0 Å². The molecule has 2 amide bonds. The Balaban J connectivity index is 1.31. The molecule has 0 radical (unpaired) electrons. The summed E-state index contributed by atoms with van der Waals surface area (Å²) in [6, 6.07) is 19.4. The van der Waals surface area contributed by atoms with E-state index >= 15 is 0 Å². The number of hydrogen-bond donors (Lipinski definition) is 1. The fourth-order valence-electron chi connectivity index (χ4n) is 4.75. The molecule has 6 heteroatoms. The van der Waals surface area contributed by atoms with Crippen LogP contribution in [0.2, 0.25) is 0 Å². The van der Waals surface area contributed by atoms with Crippen molar-refractivity contribution < 1.29 is 18.7 Å². The lowest BCUT2D eigenvalue weighted by molar-refractivity contribution is -0.116. The van der Waals surface area contributed by atoms with Crippen LogP contribution in [0.25, 0.3) is 0 Å². The van der Waals surface area contributed by atoms with Crippen LogP contribution in [0.5, 0.6) is 5.75 Å². The summed E-state index contributed by atoms with van der Waals surface area (Å²) < 4.78 is 11.3. The van der Waals surface area contributed by atoms with Gasteiger partial charge in [0.2, 0.25) is 5.91 Å². The van der Waals surface area contributed by atoms with Crippen molar-refractivity contribution in [2.45, 2.75) is 83.9 Å². The van der Waals surface area contributed by atoms with Gasteiger partial charge >= 0.3 is 0 Å². The molecule has 1 aromatic heterocycles. The Labute approximate surface area is 220 Å². The van der Waals surface area contributed by atoms with Gasteiger partial charge in [0.15, 0.2) is 5.76 Å². The average Bonchev–Trinajstić information content (AvgIpc) is 3.42. The molecule has 1 saturated carbocycles. The van der Waals surface area contributed by atoms with Gasteiger partial charge in [-0.25, -0.2) is 0 Å². The molecular weight excluding hydrogens is 464 g/mol. The molecule has 0 aliphatic heterocycles. The van der Waals surface area contributed by atoms with E-state index in [1.165, 1.54) is 6.42 Å². The summed E-state index contributed by atoms with van der Waals surface area (Å²) >= 11 is 0. The van der Waals surface area contributed by atoms with Gasteiger partial charge in [-0.1, -0.05) is 43.5 Å². The second kappa shape index (κ2) is 12.1. The van der Waals surface area contributed by atoms with Crippen LogP contribution in [-0.2, 0) is 17.8 Å². The second-order valence-electron chi connectivity index (χ2n) is 10.8. The maximum Gasteiger partial charge on any atom is 0.290 e. The van der Waals surface area contributed by atoms with E-state index in [4.69, 9.17) is 9.15 Å². The molecule has 4 rings (SSSR count). The average molecular weight is 503 g/mol. The first kappa shape index (κ1) is 26.5. The summed E-state index contributed by atoms with van der Waals surface area (Å²) in [6.07, 6.45) is 8.16. The summed E-state index contributed by atoms with van der Waals surface area (Å²) in [4.78, 5) is 27.6. The zero-order valence-corrected chi connectivity index (χ0v) is 22.2. The van der Waals surface area contributed by atoms with Crippen molar-refractivity contribution in [3.05, 3.63) is 83.8 Å². The van der Waals surface area contributed by atoms with Crippen LogP contribution < -0.4 is 10.1 Å². The Morgan fingerprint density at radius 1 is 0.946 bits per heavy atom. The van der Waals surface area contributed by atoms with E-state index in [0.717, 1.165) is 48.2 Å². The Hall–Kier alpha value is -3.54. The minimum atomic E-state index is -0.236. The fourth-order valence-corrected chi connectivity index (χ4v) is 4.75. The van der Waals surface area contributed by atoms with E-state index in [-0.39, 0.29) is 23.5 Å². The number of nitrogens with zero attached hydrogens (tertiary/aromatic N) is 1. The van der Waals surface area contributed by atoms with Crippen molar-refractivity contribution in [1.29, 1.82) is 0 Å². The number of anilines is 1. The largest absolute Gasteiger partial charge is 0.488 e. The van der Waals surface area contributed by atoms with Crippen molar-refractivity contribution in [1.82, 2.24) is 4.90 Å². The standard InChI is InChI=1S/C31H38N2O4/c1-31(2,3)37-27-18-13-23(14-19-27)15-20-29(34)32-25-16-11-24(12-17-25)22-33(26-8-5-4-6-9-26)30(35)28-10-7-21-36-28/h7,10-14,16-19,21,26H,4-6,8-9,15,20,22H2,1-3H3,(H,32,34). The van der Waals surface area contributed by atoms with Crippen LogP contribution in [0, 0.1) is 0 Å². The first-order valence-electron chi connectivity index (χ1n) is 13.3. The maximum atomic E-state index is 13.2. The van der Waals surface area contributed by atoms with Gasteiger partial charge in [0.1, 0.15) is 11.4 Å². The molecule has 3 aromatic rings. The van der Waals surface area contributed by atoms with E-state index in [1.54, 1.807) is 18.4 Å². The highest BCUT2D eigenvalue weighted by atomic mass is 16.5. The van der Waals surface area contributed by atoms with Crippen LogP contribution in [0.3, 0.4) is 0 Å². The van der Waals surface area contributed by atoms with Crippen LogP contribution in [0.1, 0.15) is 81.0 Å². The van der Waals surface area contributed by atoms with Crippen molar-refractivity contribution in [2.24, 2.45) is 0 Å². The van der Waals surface area contributed by atoms with Gasteiger partial charge in [0, 0.05) is 24.7 Å². The minimum Gasteiger partial charge on any atom is -0.488 e. The Morgan fingerprint density at radius 3 is 2.24 bits per heavy atom. The Kier molecular flexibility index (Phi) is 8.70. The normalized spacial score (nSPS) is 14.2. The van der Waals surface area contributed by atoms with Gasteiger partial charge in [-0.15, -0.1) is 0 Å². The zero-order valence-electron chi connectivity index (χ0n) is 22.2. The van der Waals surface area contributed by atoms with Crippen molar-refractivity contribution in [2.75, 3.05) is 5.32 Å². The maximum absolute atomic E-state index is 13.2. The molecule has 1 aliphatic rings. The molecule has 6 nitrogen and oxygen atoms in total. The zero-order chi connectivity index (χ0) is 26.3. The number of carbonyl (C=O) groups is 2. The lowest BCUT2D eigenvalue weighted by Crippen LogP contribution is -2.40. The summed E-state index contributed by atoms with van der Waals surface area (Å²) in [5, 5.41) is 2.98. The third kappa shape index (κ3) is 7.97. The lowest BCUT2D eigenvalue weighted by Gasteiger charge is -2.34. The summed E-state index contributed by atoms with van der Waals surface area (Å²) in [5.74, 6) is 1.12. The van der Waals surface area contributed by atoms with E-state index < -0.39 is 0 Å². The number of nitrogens with one attached hydrogen (secondary N) is 1. The van der Waals surface area contributed by atoms with Crippen molar-refractivity contribution in [3.63, 3.8) is 0 Å². The molecule has 1 heterocycles. The van der Waals surface area contributed by atoms with E-state index in [0.29, 0.717) is 25.1 Å². The number of rotatable bonds is 9. The predicted octanol–water partition coefficient (Wildman–Crippen LogP) is 7.00. The van der Waals surface area contributed by atoms with Crippen LogP contribution in [-0.4, -0.2) is 28.4 Å². The Bertz CT molecular complexity index is 1140. The highest BCUT2D eigenvalue weighted by Gasteiger charge is 2.27. The number of aryl methyl sites for hydroxylation is 1. The molecule has 1 N–H and O–H groups in total. The minimum absolute atomic E-state index is 0.0282. The van der Waals surface area contributed by atoms with Crippen molar-refractivity contribution in [3.8, 4) is 5.75 Å². The molecule has 0 bridgehead atoms. The number of hydrogen-bond acceptors (Lipinski definition) is 4. The van der Waals surface area contributed by atoms with Gasteiger partial charge in [0.25, 0.3) is 5.91 Å². The molecule has 2 aromatic carbocycles. The monoisotopic (exact) mass is 502 g/mol. The van der Waals surface area contributed by atoms with Crippen LogP contribution in [0.4, 0.5) is 5.69 Å². The smallest absolute Gasteiger partial charge is 0.290 e. The van der Waals surface area contributed by atoms with Gasteiger partial charge in [-0.05, 0) is 87.6 Å². The third-order valence-electron chi connectivity index (χ3n) is 6.59. The molecule has 1 fully saturated rings. The molecule has 196 valence electrons. The van der Waals surface area contributed by atoms with Crippen LogP contribution in [0.15, 0.2) is 71.3 Å². The molecule has 0 atom stereocenters. The molecular formula is C31H38N2O4. The SMILES string of the molecule is CC(C)(C)Oc1ccc(CCC(=O)Nc2ccc(CN(C(=O)c3ccco3)C3CCCCC3)cc2)cc1. The topological polar surface area (TPSA) is 71.8 Å². The third-order valence-corrected chi connectivity index (χ3v) is 6.59. The highest BCUT2D eigenvalue weighted by Crippen LogP contribution is 2.26. The van der Waals surface area contributed by atoms with E-state index in [2.05, 4.69) is 5.32 Å². The second-order valence-corrected chi connectivity index (χ2v) is 10.8. The number of ether oxygens (including phenoxy) is 1. The fraction of sp³-hybridized carbons (Fsp3) is 0.419. The molecule has 0 saturated heterocycles. The number of benzene rings is 2. The first-order valence-corrected chi connectivity index (χ1v) is 13.3. The van der Waals surface area contributed by atoms with E-state index in [9.17, 15) is 9.59 Å². The molecule has 0 spiro atoms. The van der Waals surface area contributed by atoms with Gasteiger partial charge in [0.05, 0.1) is 6.26 Å². The number of carbonyl (C=O) groups excluding carboxylic acids is 2. The molecule has 1 aliphatic carbocycles. The number of amides is 2. The summed E-state index contributed by atoms with van der Waals surface area (Å²) in [7, 11) is 0. The van der Waals surface area contributed by atoms with Crippen molar-refractivity contribution >= 4 is 17.5 Å². The number of furan rings is 1. The van der Waals surface area contributed by atoms with E-state index in [1.807, 2.05) is 74.2 Å². The molecule has 0 unspecified atom stereocenters. The first-order chi connectivity index (χ1) is 17.8. The quantitative estimate of drug-likeness (QED) is 0.342. The van der Waals surface area contributed by atoms with Crippen LogP contribution >= 0.6 is 0 Å². The lowest BCUT2D eigenvalue weighted by atomic mass is 9.93. The molecule has 37 heavy (non-hydrogen) atoms. The predicted molar refractivity (Wildman–Crippen MR) is 146 cm³/mol. The summed E-state index contributed by atoms with van der Waals surface area (Å²) in [6.45, 7) is 6.58.